The van der Waals surface area contributed by atoms with Gasteiger partial charge < -0.3 is 10.1 Å². The normalized spacial score (nSPS) is 10.2. The Balaban J connectivity index is 2.18. The second-order valence-corrected chi connectivity index (χ2v) is 4.06. The van der Waals surface area contributed by atoms with Gasteiger partial charge in [0, 0.05) is 19.8 Å². The van der Waals surface area contributed by atoms with Crippen LogP contribution in [0, 0.1) is 6.92 Å². The highest BCUT2D eigenvalue weighted by Crippen LogP contribution is 2.03. The molecule has 0 aliphatic carbocycles. The maximum atomic E-state index is 11.6. The smallest absolute Gasteiger partial charge is 0.224 e. The van der Waals surface area contributed by atoms with Gasteiger partial charge in [0.25, 0.3) is 0 Å². The number of aryl methyl sites for hydroxylation is 1. The van der Waals surface area contributed by atoms with Crippen LogP contribution >= 0.6 is 0 Å². The van der Waals surface area contributed by atoms with Crippen molar-refractivity contribution in [3.63, 3.8) is 0 Å². The molecule has 0 saturated heterocycles. The zero-order valence-electron chi connectivity index (χ0n) is 10.7. The van der Waals surface area contributed by atoms with E-state index in [2.05, 4.69) is 5.32 Å². The molecule has 3 nitrogen and oxygen atoms in total. The minimum atomic E-state index is 0.0744. The molecule has 0 spiro atoms. The number of amides is 1. The molecule has 0 saturated carbocycles. The van der Waals surface area contributed by atoms with Gasteiger partial charge >= 0.3 is 0 Å². The lowest BCUT2D eigenvalue weighted by atomic mass is 10.1. The Kier molecular flexibility index (Phi) is 6.33. The van der Waals surface area contributed by atoms with Crippen molar-refractivity contribution in [2.24, 2.45) is 0 Å². The maximum absolute atomic E-state index is 11.6. The fourth-order valence-electron chi connectivity index (χ4n) is 1.50. The van der Waals surface area contributed by atoms with Crippen molar-refractivity contribution in [1.82, 2.24) is 5.32 Å². The SMILES string of the molecule is CCOCCCNC(=O)Cc1ccc(C)cc1. The summed E-state index contributed by atoms with van der Waals surface area (Å²) in [5.74, 6) is 0.0744. The molecule has 1 rings (SSSR count). The van der Waals surface area contributed by atoms with Crippen molar-refractivity contribution in [1.29, 1.82) is 0 Å². The van der Waals surface area contributed by atoms with E-state index in [0.29, 0.717) is 19.6 Å². The monoisotopic (exact) mass is 235 g/mol. The van der Waals surface area contributed by atoms with E-state index in [0.717, 1.165) is 18.6 Å². The lowest BCUT2D eigenvalue weighted by Gasteiger charge is -2.05. The Morgan fingerprint density at radius 1 is 1.29 bits per heavy atom. The molecular weight excluding hydrogens is 214 g/mol. The number of ether oxygens (including phenoxy) is 1. The molecule has 1 aromatic carbocycles. The van der Waals surface area contributed by atoms with Gasteiger partial charge in [0.05, 0.1) is 6.42 Å². The van der Waals surface area contributed by atoms with Crippen molar-refractivity contribution in [2.75, 3.05) is 19.8 Å². The average Bonchev–Trinajstić information content (AvgIpc) is 2.32. The van der Waals surface area contributed by atoms with Gasteiger partial charge in [-0.05, 0) is 25.8 Å². The highest BCUT2D eigenvalue weighted by Gasteiger charge is 2.02. The van der Waals surface area contributed by atoms with E-state index in [-0.39, 0.29) is 5.91 Å². The Morgan fingerprint density at radius 2 is 2.00 bits per heavy atom. The minimum Gasteiger partial charge on any atom is -0.382 e. The van der Waals surface area contributed by atoms with Gasteiger partial charge in [-0.2, -0.15) is 0 Å². The number of carbonyl (C=O) groups excluding carboxylic acids is 1. The number of carbonyl (C=O) groups is 1. The van der Waals surface area contributed by atoms with E-state index >= 15 is 0 Å². The summed E-state index contributed by atoms with van der Waals surface area (Å²) in [7, 11) is 0. The predicted octanol–water partition coefficient (Wildman–Crippen LogP) is 2.08. The van der Waals surface area contributed by atoms with Crippen LogP contribution in [0.1, 0.15) is 24.5 Å². The second kappa shape index (κ2) is 7.85. The molecular formula is C14H21NO2. The number of hydrogen-bond acceptors (Lipinski definition) is 2. The summed E-state index contributed by atoms with van der Waals surface area (Å²) in [5.41, 5.74) is 2.27. The largest absolute Gasteiger partial charge is 0.382 e. The summed E-state index contributed by atoms with van der Waals surface area (Å²) >= 11 is 0. The molecule has 3 heteroatoms. The van der Waals surface area contributed by atoms with Gasteiger partial charge in [0.1, 0.15) is 0 Å². The molecule has 94 valence electrons. The first kappa shape index (κ1) is 13.7. The molecule has 0 aliphatic heterocycles. The molecule has 0 heterocycles. The van der Waals surface area contributed by atoms with Crippen LogP contribution in [-0.2, 0) is 16.0 Å². The molecule has 0 radical (unpaired) electrons. The van der Waals surface area contributed by atoms with E-state index in [4.69, 9.17) is 4.74 Å². The van der Waals surface area contributed by atoms with Crippen LogP contribution in [0.25, 0.3) is 0 Å². The van der Waals surface area contributed by atoms with Crippen LogP contribution in [0.3, 0.4) is 0 Å². The van der Waals surface area contributed by atoms with Crippen molar-refractivity contribution < 1.29 is 9.53 Å². The fourth-order valence-corrected chi connectivity index (χ4v) is 1.50. The number of hydrogen-bond donors (Lipinski definition) is 1. The topological polar surface area (TPSA) is 38.3 Å². The lowest BCUT2D eigenvalue weighted by molar-refractivity contribution is -0.120. The predicted molar refractivity (Wildman–Crippen MR) is 69.0 cm³/mol. The Labute approximate surface area is 103 Å². The van der Waals surface area contributed by atoms with E-state index in [1.165, 1.54) is 5.56 Å². The van der Waals surface area contributed by atoms with Crippen LogP contribution < -0.4 is 5.32 Å². The third-order valence-corrected chi connectivity index (χ3v) is 2.48. The summed E-state index contributed by atoms with van der Waals surface area (Å²) in [6.45, 7) is 6.14. The van der Waals surface area contributed by atoms with E-state index in [1.807, 2.05) is 38.1 Å². The molecule has 0 atom stereocenters. The zero-order chi connectivity index (χ0) is 12.5. The van der Waals surface area contributed by atoms with E-state index in [1.54, 1.807) is 0 Å². The van der Waals surface area contributed by atoms with Gasteiger partial charge in [-0.1, -0.05) is 29.8 Å². The van der Waals surface area contributed by atoms with Crippen LogP contribution in [0.2, 0.25) is 0 Å². The lowest BCUT2D eigenvalue weighted by Crippen LogP contribution is -2.26. The fraction of sp³-hybridized carbons (Fsp3) is 0.500. The molecule has 0 unspecified atom stereocenters. The first-order valence-corrected chi connectivity index (χ1v) is 6.12. The standard InChI is InChI=1S/C14H21NO2/c1-3-17-10-4-9-15-14(16)11-13-7-5-12(2)6-8-13/h5-8H,3-4,9-11H2,1-2H3,(H,15,16). The molecule has 1 amide bonds. The highest BCUT2D eigenvalue weighted by atomic mass is 16.5. The van der Waals surface area contributed by atoms with Gasteiger partial charge in [-0.25, -0.2) is 0 Å². The van der Waals surface area contributed by atoms with Crippen LogP contribution in [0.4, 0.5) is 0 Å². The summed E-state index contributed by atoms with van der Waals surface area (Å²) in [4.78, 5) is 11.6. The summed E-state index contributed by atoms with van der Waals surface area (Å²) in [6.07, 6.45) is 1.32. The molecule has 1 aromatic rings. The molecule has 17 heavy (non-hydrogen) atoms. The van der Waals surface area contributed by atoms with Crippen molar-refractivity contribution in [3.8, 4) is 0 Å². The third-order valence-electron chi connectivity index (χ3n) is 2.48. The van der Waals surface area contributed by atoms with Crippen molar-refractivity contribution in [2.45, 2.75) is 26.7 Å². The quantitative estimate of drug-likeness (QED) is 0.735. The minimum absolute atomic E-state index is 0.0744. The Morgan fingerprint density at radius 3 is 2.65 bits per heavy atom. The Bertz CT molecular complexity index is 333. The van der Waals surface area contributed by atoms with E-state index in [9.17, 15) is 4.79 Å². The molecule has 0 fully saturated rings. The maximum Gasteiger partial charge on any atom is 0.224 e. The van der Waals surface area contributed by atoms with Gasteiger partial charge in [-0.3, -0.25) is 4.79 Å². The third kappa shape index (κ3) is 6.07. The number of nitrogens with one attached hydrogen (secondary N) is 1. The number of rotatable bonds is 7. The van der Waals surface area contributed by atoms with Crippen LogP contribution in [0.5, 0.6) is 0 Å². The molecule has 0 aliphatic rings. The summed E-state index contributed by atoms with van der Waals surface area (Å²) in [6, 6.07) is 8.04. The molecule has 0 bridgehead atoms. The summed E-state index contributed by atoms with van der Waals surface area (Å²) < 4.78 is 5.20. The molecule has 0 aromatic heterocycles. The Hall–Kier alpha value is -1.35. The van der Waals surface area contributed by atoms with Crippen LogP contribution in [-0.4, -0.2) is 25.7 Å². The van der Waals surface area contributed by atoms with Gasteiger partial charge in [-0.15, -0.1) is 0 Å². The first-order valence-electron chi connectivity index (χ1n) is 6.12. The highest BCUT2D eigenvalue weighted by molar-refractivity contribution is 5.78. The van der Waals surface area contributed by atoms with Crippen LogP contribution in [0.15, 0.2) is 24.3 Å². The average molecular weight is 235 g/mol. The first-order chi connectivity index (χ1) is 8.22. The van der Waals surface area contributed by atoms with E-state index < -0.39 is 0 Å². The van der Waals surface area contributed by atoms with Crippen molar-refractivity contribution >= 4 is 5.91 Å². The number of benzene rings is 1. The van der Waals surface area contributed by atoms with Gasteiger partial charge in [0.2, 0.25) is 5.91 Å². The van der Waals surface area contributed by atoms with Gasteiger partial charge in [0.15, 0.2) is 0 Å². The van der Waals surface area contributed by atoms with Crippen molar-refractivity contribution in [3.05, 3.63) is 35.4 Å². The zero-order valence-corrected chi connectivity index (χ0v) is 10.7. The summed E-state index contributed by atoms with van der Waals surface area (Å²) in [5, 5.41) is 2.89. The second-order valence-electron chi connectivity index (χ2n) is 4.06. The molecule has 1 N–H and O–H groups in total.